The number of nitrogens with zero attached hydrogens (tertiary/aromatic N) is 3. The summed E-state index contributed by atoms with van der Waals surface area (Å²) in [6.45, 7) is 6.99. The van der Waals surface area contributed by atoms with E-state index in [-0.39, 0.29) is 68.6 Å². The van der Waals surface area contributed by atoms with E-state index in [1.54, 1.807) is 43.3 Å². The molecular formula is C57H78N4O11. The molecule has 6 rings (SSSR count). The normalized spacial score (nSPS) is 21.4. The third-order valence-corrected chi connectivity index (χ3v) is 14.6. The number of carbonyl (C=O) groups excluding carboxylic acids is 2. The van der Waals surface area contributed by atoms with E-state index in [9.17, 15) is 29.9 Å². The van der Waals surface area contributed by atoms with Crippen molar-refractivity contribution < 1.29 is 48.5 Å². The predicted molar refractivity (Wildman–Crippen MR) is 278 cm³/mol. The number of carbonyl (C=O) groups is 2. The molecule has 3 aliphatic rings. The summed E-state index contributed by atoms with van der Waals surface area (Å²) in [6, 6.07) is 18.2. The third-order valence-electron chi connectivity index (χ3n) is 14.6. The zero-order valence-corrected chi connectivity index (χ0v) is 42.8. The number of amides is 2. The van der Waals surface area contributed by atoms with E-state index in [0.717, 1.165) is 61.6 Å². The smallest absolute Gasteiger partial charge is 0.412 e. The first kappa shape index (κ1) is 55.5. The van der Waals surface area contributed by atoms with Crippen molar-refractivity contribution in [1.29, 1.82) is 0 Å². The molecule has 0 bridgehead atoms. The average Bonchev–Trinajstić information content (AvgIpc) is 3.38. The zero-order valence-electron chi connectivity index (χ0n) is 42.8. The van der Waals surface area contributed by atoms with E-state index < -0.39 is 28.8 Å². The lowest BCUT2D eigenvalue weighted by molar-refractivity contribution is -0.384. The Hall–Kier alpha value is -5.77. The Morgan fingerprint density at radius 2 is 1.61 bits per heavy atom. The molecule has 0 spiro atoms. The van der Waals surface area contributed by atoms with Crippen LogP contribution in [0.3, 0.4) is 0 Å². The Morgan fingerprint density at radius 1 is 0.903 bits per heavy atom. The highest BCUT2D eigenvalue weighted by molar-refractivity contribution is 6.03. The zero-order chi connectivity index (χ0) is 51.3. The van der Waals surface area contributed by atoms with Crippen LogP contribution in [0.15, 0.2) is 96.2 Å². The number of hydrogen-bond acceptors (Lipinski definition) is 12. The number of ether oxygens (including phenoxy) is 4. The topological polar surface area (TPSA) is 192 Å². The second-order valence-corrected chi connectivity index (χ2v) is 19.5. The van der Waals surface area contributed by atoms with Crippen molar-refractivity contribution in [3.8, 4) is 17.2 Å². The molecule has 3 aromatic rings. The first-order valence-corrected chi connectivity index (χ1v) is 26.3. The fourth-order valence-corrected chi connectivity index (χ4v) is 10.9. The van der Waals surface area contributed by atoms with E-state index in [4.69, 9.17) is 28.9 Å². The number of allylic oxidation sites excluding steroid dienone is 1. The van der Waals surface area contributed by atoms with Gasteiger partial charge in [-0.15, -0.1) is 6.58 Å². The van der Waals surface area contributed by atoms with Crippen LogP contribution in [0.25, 0.3) is 0 Å². The quantitative estimate of drug-likeness (QED) is 0.0240. The molecule has 1 heterocycles. The van der Waals surface area contributed by atoms with E-state index in [1.165, 1.54) is 57.1 Å². The standard InChI is InChI=1S/C57H78N4O11/c1-5-7-8-9-10-11-12-13-14-17-31-58-56(65)71-46-29-30-51-49(38-46)54-47(24-16-19-33-63)43(22-15-18-32-62)37-48-50(59-70-40-41-25-27-44(28-26-41)61(66)67)39-52(57(72-51,55(48)54)69-34-6-2)60(3)53(64)36-42-21-20-23-45(35-42)68-4/h6,20-21,23,25-30,35,37-38,43,47,52,54-55,62-63H,2,5,7-19,22,24,31-34,36,39-40H2,1,3-4H3,(H,58,65). The van der Waals surface area contributed by atoms with Crippen molar-refractivity contribution >= 4 is 23.4 Å². The van der Waals surface area contributed by atoms with Gasteiger partial charge in [-0.1, -0.05) is 107 Å². The Bertz CT molecular complexity index is 2280. The second-order valence-electron chi connectivity index (χ2n) is 19.5. The van der Waals surface area contributed by atoms with Gasteiger partial charge in [-0.3, -0.25) is 14.9 Å². The van der Waals surface area contributed by atoms with Gasteiger partial charge in [0.25, 0.3) is 5.69 Å². The summed E-state index contributed by atoms with van der Waals surface area (Å²) in [5, 5.41) is 39.2. The van der Waals surface area contributed by atoms with Crippen molar-refractivity contribution in [3.05, 3.63) is 118 Å². The first-order chi connectivity index (χ1) is 35.1. The van der Waals surface area contributed by atoms with Crippen molar-refractivity contribution in [2.24, 2.45) is 22.9 Å². The van der Waals surface area contributed by atoms with Crippen LogP contribution in [0.4, 0.5) is 10.5 Å². The number of unbranched alkanes of at least 4 members (excludes halogenated alkanes) is 11. The monoisotopic (exact) mass is 995 g/mol. The maximum absolute atomic E-state index is 14.7. The number of methoxy groups -OCH3 is 1. The van der Waals surface area contributed by atoms with Crippen molar-refractivity contribution in [3.63, 3.8) is 0 Å². The number of nitrogens with one attached hydrogen (secondary N) is 1. The van der Waals surface area contributed by atoms with Gasteiger partial charge < -0.3 is 44.2 Å². The number of aliphatic hydroxyl groups is 2. The molecule has 3 aromatic carbocycles. The maximum atomic E-state index is 14.7. The summed E-state index contributed by atoms with van der Waals surface area (Å²) < 4.78 is 25.8. The lowest BCUT2D eigenvalue weighted by Gasteiger charge is -2.59. The molecule has 2 aliphatic carbocycles. The lowest BCUT2D eigenvalue weighted by Crippen LogP contribution is -2.69. The van der Waals surface area contributed by atoms with Crippen LogP contribution in [0.2, 0.25) is 0 Å². The number of benzene rings is 3. The molecule has 392 valence electrons. The van der Waals surface area contributed by atoms with Crippen molar-refractivity contribution in [1.82, 2.24) is 10.2 Å². The highest BCUT2D eigenvalue weighted by Gasteiger charge is 2.65. The van der Waals surface area contributed by atoms with Crippen LogP contribution in [0.1, 0.15) is 139 Å². The largest absolute Gasteiger partial charge is 0.497 e. The number of fused-ring (bicyclic) bond motifs is 2. The van der Waals surface area contributed by atoms with Gasteiger partial charge in [0.1, 0.15) is 29.9 Å². The van der Waals surface area contributed by atoms with Gasteiger partial charge >= 0.3 is 6.09 Å². The van der Waals surface area contributed by atoms with Crippen molar-refractivity contribution in [2.45, 2.75) is 147 Å². The second kappa shape index (κ2) is 28.5. The highest BCUT2D eigenvalue weighted by atomic mass is 16.7. The summed E-state index contributed by atoms with van der Waals surface area (Å²) in [7, 11) is 3.34. The van der Waals surface area contributed by atoms with Crippen molar-refractivity contribution in [2.75, 3.05) is 40.5 Å². The van der Waals surface area contributed by atoms with Crippen LogP contribution in [0, 0.1) is 27.9 Å². The predicted octanol–water partition coefficient (Wildman–Crippen LogP) is 11.1. The number of oxime groups is 1. The molecule has 0 aromatic heterocycles. The van der Waals surface area contributed by atoms with Gasteiger partial charge in [-0.2, -0.15) is 0 Å². The fourth-order valence-electron chi connectivity index (χ4n) is 10.9. The van der Waals surface area contributed by atoms with E-state index in [2.05, 4.69) is 24.9 Å². The molecule has 15 nitrogen and oxygen atoms in total. The molecule has 6 unspecified atom stereocenters. The molecule has 0 radical (unpaired) electrons. The van der Waals surface area contributed by atoms with Crippen LogP contribution < -0.4 is 19.5 Å². The van der Waals surface area contributed by atoms with Crippen LogP contribution >= 0.6 is 0 Å². The minimum absolute atomic E-state index is 0.0210. The molecule has 2 amide bonds. The molecule has 1 fully saturated rings. The molecule has 0 saturated heterocycles. The molecule has 1 saturated carbocycles. The minimum atomic E-state index is -1.48. The summed E-state index contributed by atoms with van der Waals surface area (Å²) in [6.07, 6.45) is 19.8. The summed E-state index contributed by atoms with van der Waals surface area (Å²) in [4.78, 5) is 46.8. The fraction of sp³-hybridized carbons (Fsp3) is 0.561. The molecule has 72 heavy (non-hydrogen) atoms. The Kier molecular flexibility index (Phi) is 22.0. The van der Waals surface area contributed by atoms with Gasteiger partial charge in [0.05, 0.1) is 36.7 Å². The van der Waals surface area contributed by atoms with Gasteiger partial charge in [0.2, 0.25) is 11.7 Å². The van der Waals surface area contributed by atoms with E-state index in [1.807, 2.05) is 36.4 Å². The Labute approximate surface area is 426 Å². The highest BCUT2D eigenvalue weighted by Crippen LogP contribution is 2.62. The van der Waals surface area contributed by atoms with Crippen LogP contribution in [-0.4, -0.2) is 90.1 Å². The molecule has 6 atom stereocenters. The van der Waals surface area contributed by atoms with Gasteiger partial charge in [0.15, 0.2) is 0 Å². The molecule has 15 heteroatoms. The number of non-ortho nitro benzene ring substituents is 1. The number of aliphatic hydroxyl groups excluding tert-OH is 2. The van der Waals surface area contributed by atoms with Crippen LogP contribution in [0.5, 0.6) is 17.2 Å². The van der Waals surface area contributed by atoms with Gasteiger partial charge in [-0.25, -0.2) is 4.79 Å². The minimum Gasteiger partial charge on any atom is -0.497 e. The van der Waals surface area contributed by atoms with E-state index in [0.29, 0.717) is 47.9 Å². The number of nitro benzene ring substituents is 1. The maximum Gasteiger partial charge on any atom is 0.412 e. The molecular weight excluding hydrogens is 917 g/mol. The number of rotatable bonds is 31. The summed E-state index contributed by atoms with van der Waals surface area (Å²) in [5.41, 5.74) is 3.68. The Morgan fingerprint density at radius 3 is 2.29 bits per heavy atom. The molecule has 3 N–H and O–H groups in total. The van der Waals surface area contributed by atoms with E-state index >= 15 is 0 Å². The first-order valence-electron chi connectivity index (χ1n) is 26.3. The summed E-state index contributed by atoms with van der Waals surface area (Å²) >= 11 is 0. The van der Waals surface area contributed by atoms with Gasteiger partial charge in [0, 0.05) is 56.8 Å². The third kappa shape index (κ3) is 14.7. The van der Waals surface area contributed by atoms with Gasteiger partial charge in [-0.05, 0) is 103 Å². The lowest BCUT2D eigenvalue weighted by atomic mass is 9.55. The number of likely N-dealkylation sites (N-methyl/N-ethyl adjacent to an activating group) is 1. The average molecular weight is 995 g/mol. The SMILES string of the molecule is C=CCOC12Oc3ccc(OC(=O)NCCCCCCCCCCCC)cc3C3C(CCCCO)C(CCCCO)C=C(C(=NOCc4ccc([N+](=O)[O-])cc4)CC1N(C)C(=O)Cc1cccc(OC)c1)C32. The Balaban J connectivity index is 1.38. The summed E-state index contributed by atoms with van der Waals surface area (Å²) in [5.74, 6) is -1.12. The van der Waals surface area contributed by atoms with Crippen LogP contribution in [-0.2, 0) is 27.4 Å². The number of hydrogen-bond donors (Lipinski definition) is 3. The number of nitro groups is 1. The molecule has 1 aliphatic heterocycles.